The molecule has 0 bridgehead atoms. The predicted molar refractivity (Wildman–Crippen MR) is 93.2 cm³/mol. The number of nitrogens with zero attached hydrogens (tertiary/aromatic N) is 4. The molecule has 130 valence electrons. The lowest BCUT2D eigenvalue weighted by Gasteiger charge is -2.17. The zero-order chi connectivity index (χ0) is 18.1. The van der Waals surface area contributed by atoms with Gasteiger partial charge < -0.3 is 9.42 Å². The lowest BCUT2D eigenvalue weighted by atomic mass is 10.1. The van der Waals surface area contributed by atoms with Crippen molar-refractivity contribution in [2.24, 2.45) is 0 Å². The highest BCUT2D eigenvalue weighted by atomic mass is 16.5. The minimum Gasteiger partial charge on any atom is -0.361 e. The van der Waals surface area contributed by atoms with E-state index in [9.17, 15) is 9.59 Å². The van der Waals surface area contributed by atoms with Gasteiger partial charge in [0.1, 0.15) is 12.3 Å². The van der Waals surface area contributed by atoms with Crippen LogP contribution in [0.5, 0.6) is 0 Å². The second-order valence-electron chi connectivity index (χ2n) is 6.15. The Bertz CT molecular complexity index is 984. The minimum absolute atomic E-state index is 0.107. The van der Waals surface area contributed by atoms with E-state index in [0.29, 0.717) is 17.7 Å². The molecule has 0 aliphatic carbocycles. The number of fused-ring (bicyclic) bond motifs is 1. The quantitative estimate of drug-likeness (QED) is 0.725. The van der Waals surface area contributed by atoms with Crippen LogP contribution < -0.4 is 5.56 Å². The fourth-order valence-electron chi connectivity index (χ4n) is 2.81. The molecule has 0 aliphatic heterocycles. The molecule has 0 atom stereocenters. The van der Waals surface area contributed by atoms with Crippen LogP contribution in [-0.4, -0.2) is 32.8 Å². The number of amides is 1. The summed E-state index contributed by atoms with van der Waals surface area (Å²) in [7, 11) is 1.69. The molecule has 2 aromatic heterocycles. The smallest absolute Gasteiger partial charge is 0.275 e. The van der Waals surface area contributed by atoms with E-state index in [1.54, 1.807) is 24.1 Å². The van der Waals surface area contributed by atoms with E-state index in [2.05, 4.69) is 10.3 Å². The minimum atomic E-state index is -0.264. The van der Waals surface area contributed by atoms with Crippen LogP contribution in [0.2, 0.25) is 0 Å². The Hall–Kier alpha value is -2.96. The number of likely N-dealkylation sites (N-methyl/N-ethyl adjacent to an activating group) is 1. The van der Waals surface area contributed by atoms with E-state index in [-0.39, 0.29) is 18.0 Å². The van der Waals surface area contributed by atoms with Crippen LogP contribution >= 0.6 is 0 Å². The monoisotopic (exact) mass is 340 g/mol. The zero-order valence-corrected chi connectivity index (χ0v) is 14.7. The zero-order valence-electron chi connectivity index (χ0n) is 14.7. The van der Waals surface area contributed by atoms with E-state index in [1.807, 2.05) is 32.9 Å². The molecule has 1 aromatic carbocycles. The molecule has 0 fully saturated rings. The molecule has 1 amide bonds. The lowest BCUT2D eigenvalue weighted by Crippen LogP contribution is -2.35. The summed E-state index contributed by atoms with van der Waals surface area (Å²) in [4.78, 5) is 26.7. The number of hydrogen-bond acceptors (Lipinski definition) is 5. The van der Waals surface area contributed by atoms with Crippen molar-refractivity contribution in [3.8, 4) is 0 Å². The highest BCUT2D eigenvalue weighted by molar-refractivity contribution is 5.83. The predicted octanol–water partition coefficient (Wildman–Crippen LogP) is 1.97. The summed E-state index contributed by atoms with van der Waals surface area (Å²) in [6.07, 6.45) is 0. The first-order chi connectivity index (χ1) is 11.9. The van der Waals surface area contributed by atoms with Crippen molar-refractivity contribution in [3.63, 3.8) is 0 Å². The number of rotatable bonds is 4. The van der Waals surface area contributed by atoms with Gasteiger partial charge in [0.2, 0.25) is 5.91 Å². The Morgan fingerprint density at radius 1 is 1.16 bits per heavy atom. The van der Waals surface area contributed by atoms with Gasteiger partial charge in [-0.05, 0) is 26.8 Å². The molecule has 25 heavy (non-hydrogen) atoms. The van der Waals surface area contributed by atoms with Gasteiger partial charge in [-0.15, -0.1) is 0 Å². The van der Waals surface area contributed by atoms with Crippen LogP contribution in [0.15, 0.2) is 33.6 Å². The summed E-state index contributed by atoms with van der Waals surface area (Å²) < 4.78 is 6.35. The SMILES string of the molecule is Cc1noc(C)c1CN(C)C(=O)Cn1nc(C)c2ccccc2c1=O. The van der Waals surface area contributed by atoms with Crippen LogP contribution in [0.3, 0.4) is 0 Å². The van der Waals surface area contributed by atoms with Gasteiger partial charge in [0.25, 0.3) is 5.56 Å². The van der Waals surface area contributed by atoms with Crippen LogP contribution in [0.25, 0.3) is 10.8 Å². The van der Waals surface area contributed by atoms with E-state index in [4.69, 9.17) is 4.52 Å². The average Bonchev–Trinajstić information content (AvgIpc) is 2.91. The molecular weight excluding hydrogens is 320 g/mol. The summed E-state index contributed by atoms with van der Waals surface area (Å²) in [5.74, 6) is 0.485. The van der Waals surface area contributed by atoms with E-state index < -0.39 is 0 Å². The molecule has 0 N–H and O–H groups in total. The van der Waals surface area contributed by atoms with Gasteiger partial charge in [0.05, 0.1) is 23.3 Å². The van der Waals surface area contributed by atoms with Crippen LogP contribution in [0.1, 0.15) is 22.7 Å². The third-order valence-corrected chi connectivity index (χ3v) is 4.34. The van der Waals surface area contributed by atoms with Gasteiger partial charge in [0.15, 0.2) is 0 Å². The second kappa shape index (κ2) is 6.51. The summed E-state index contributed by atoms with van der Waals surface area (Å²) in [6.45, 7) is 5.75. The first kappa shape index (κ1) is 16.9. The summed E-state index contributed by atoms with van der Waals surface area (Å²) in [6, 6.07) is 7.28. The maximum absolute atomic E-state index is 12.6. The molecule has 0 saturated heterocycles. The Kier molecular flexibility index (Phi) is 4.39. The third-order valence-electron chi connectivity index (χ3n) is 4.34. The molecule has 7 heteroatoms. The van der Waals surface area contributed by atoms with Crippen molar-refractivity contribution in [1.29, 1.82) is 0 Å². The average molecular weight is 340 g/mol. The Labute approximate surface area is 144 Å². The van der Waals surface area contributed by atoms with Crippen molar-refractivity contribution in [3.05, 3.63) is 57.3 Å². The normalized spacial score (nSPS) is 11.0. The van der Waals surface area contributed by atoms with Gasteiger partial charge in [-0.3, -0.25) is 9.59 Å². The van der Waals surface area contributed by atoms with Crippen molar-refractivity contribution in [2.75, 3.05) is 7.05 Å². The van der Waals surface area contributed by atoms with Gasteiger partial charge in [-0.25, -0.2) is 4.68 Å². The highest BCUT2D eigenvalue weighted by Crippen LogP contribution is 2.15. The molecule has 0 radical (unpaired) electrons. The maximum Gasteiger partial charge on any atom is 0.275 e. The number of carbonyl (C=O) groups excluding carboxylic acids is 1. The van der Waals surface area contributed by atoms with Crippen molar-refractivity contribution in [1.82, 2.24) is 19.8 Å². The topological polar surface area (TPSA) is 81.2 Å². The Morgan fingerprint density at radius 2 is 1.84 bits per heavy atom. The number of carbonyl (C=O) groups is 1. The fraction of sp³-hybridized carbons (Fsp3) is 0.333. The highest BCUT2D eigenvalue weighted by Gasteiger charge is 2.17. The molecule has 3 rings (SSSR count). The molecular formula is C18H20N4O3. The summed E-state index contributed by atoms with van der Waals surface area (Å²) >= 11 is 0. The molecule has 0 saturated carbocycles. The van der Waals surface area contributed by atoms with Crippen molar-refractivity contribution < 1.29 is 9.32 Å². The standard InChI is InChI=1S/C18H20N4O3/c1-11-14-7-5-6-8-15(14)18(24)22(19-11)10-17(23)21(4)9-16-12(2)20-25-13(16)3/h5-8H,9-10H2,1-4H3. The molecule has 0 spiro atoms. The van der Waals surface area contributed by atoms with Crippen LogP contribution in [0.4, 0.5) is 0 Å². The van der Waals surface area contributed by atoms with Crippen molar-refractivity contribution >= 4 is 16.7 Å². The molecule has 0 unspecified atom stereocenters. The van der Waals surface area contributed by atoms with Gasteiger partial charge >= 0.3 is 0 Å². The lowest BCUT2D eigenvalue weighted by molar-refractivity contribution is -0.131. The summed E-state index contributed by atoms with van der Waals surface area (Å²) in [5, 5.41) is 9.54. The first-order valence-electron chi connectivity index (χ1n) is 8.00. The van der Waals surface area contributed by atoms with Crippen molar-refractivity contribution in [2.45, 2.75) is 33.9 Å². The number of aryl methyl sites for hydroxylation is 3. The number of hydrogen-bond donors (Lipinski definition) is 0. The maximum atomic E-state index is 12.6. The number of aromatic nitrogens is 3. The molecule has 7 nitrogen and oxygen atoms in total. The second-order valence-corrected chi connectivity index (χ2v) is 6.15. The molecule has 0 aliphatic rings. The first-order valence-corrected chi connectivity index (χ1v) is 8.00. The van der Waals surface area contributed by atoms with Crippen LogP contribution in [-0.2, 0) is 17.9 Å². The van der Waals surface area contributed by atoms with Crippen LogP contribution in [0, 0.1) is 20.8 Å². The van der Waals surface area contributed by atoms with E-state index >= 15 is 0 Å². The van der Waals surface area contributed by atoms with E-state index in [1.165, 1.54) is 4.68 Å². The summed E-state index contributed by atoms with van der Waals surface area (Å²) in [5.41, 5.74) is 2.09. The largest absolute Gasteiger partial charge is 0.361 e. The Morgan fingerprint density at radius 3 is 2.48 bits per heavy atom. The molecule has 3 aromatic rings. The molecule has 2 heterocycles. The number of benzene rings is 1. The third kappa shape index (κ3) is 3.17. The Balaban J connectivity index is 1.85. The fourth-order valence-corrected chi connectivity index (χ4v) is 2.81. The van der Waals surface area contributed by atoms with E-state index in [0.717, 1.165) is 22.3 Å². The van der Waals surface area contributed by atoms with Gasteiger partial charge in [-0.1, -0.05) is 23.4 Å². The van der Waals surface area contributed by atoms with Gasteiger partial charge in [0, 0.05) is 18.0 Å². The van der Waals surface area contributed by atoms with Gasteiger partial charge in [-0.2, -0.15) is 5.10 Å².